The molecule has 168 valence electrons. The number of aliphatic imine (C=N–C) groups is 1. The molecule has 1 aliphatic heterocycles. The van der Waals surface area contributed by atoms with Crippen molar-refractivity contribution in [2.75, 3.05) is 43.4 Å². The van der Waals surface area contributed by atoms with Gasteiger partial charge in [0.05, 0.1) is 6.26 Å². The second-order valence-corrected chi connectivity index (χ2v) is 7.05. The minimum absolute atomic E-state index is 0. The molecule has 1 amide bonds. The third-order valence-corrected chi connectivity index (χ3v) is 5.03. The summed E-state index contributed by atoms with van der Waals surface area (Å²) in [5.41, 5.74) is 1.81. The highest BCUT2D eigenvalue weighted by Gasteiger charge is 2.21. The maximum absolute atomic E-state index is 12.1. The number of nitrogens with one attached hydrogen (secondary N) is 2. The van der Waals surface area contributed by atoms with E-state index in [4.69, 9.17) is 4.42 Å². The van der Waals surface area contributed by atoms with Crippen LogP contribution >= 0.6 is 24.0 Å². The van der Waals surface area contributed by atoms with Crippen LogP contribution in [0.15, 0.2) is 70.5 Å². The number of benzene rings is 1. The molecule has 1 aromatic carbocycles. The maximum Gasteiger partial charge on any atom is 0.291 e. The van der Waals surface area contributed by atoms with Gasteiger partial charge in [-0.15, -0.1) is 24.0 Å². The lowest BCUT2D eigenvalue weighted by Crippen LogP contribution is -2.52. The molecule has 0 atom stereocenters. The molecule has 1 fully saturated rings. The number of carbonyl (C=O) groups is 1. The lowest BCUT2D eigenvalue weighted by atomic mass is 10.2. The molecule has 10 heteroatoms. The number of guanidine groups is 1. The fourth-order valence-corrected chi connectivity index (χ4v) is 3.39. The van der Waals surface area contributed by atoms with Gasteiger partial charge >= 0.3 is 0 Å². The molecule has 32 heavy (non-hydrogen) atoms. The maximum atomic E-state index is 12.1. The topological polar surface area (TPSA) is 98.9 Å². The van der Waals surface area contributed by atoms with Crippen LogP contribution in [0, 0.1) is 0 Å². The van der Waals surface area contributed by atoms with Crippen molar-refractivity contribution in [1.82, 2.24) is 20.2 Å². The zero-order valence-electron chi connectivity index (χ0n) is 17.8. The van der Waals surface area contributed by atoms with Gasteiger partial charge in [-0.25, -0.2) is 9.97 Å². The molecule has 1 saturated heterocycles. The van der Waals surface area contributed by atoms with Crippen molar-refractivity contribution in [2.24, 2.45) is 4.99 Å². The average Bonchev–Trinajstić information content (AvgIpc) is 3.37. The number of furan rings is 1. The van der Waals surface area contributed by atoms with Crippen LogP contribution in [0.25, 0.3) is 0 Å². The van der Waals surface area contributed by atoms with E-state index in [1.807, 2.05) is 30.3 Å². The SMILES string of the molecule is CN=C(NCc1ccc(NC(=O)c2ccco2)cc1)N1CCN(c2ncccn2)CC1.I. The van der Waals surface area contributed by atoms with Crippen molar-refractivity contribution in [2.45, 2.75) is 6.54 Å². The summed E-state index contributed by atoms with van der Waals surface area (Å²) in [5, 5.41) is 6.23. The van der Waals surface area contributed by atoms with Gasteiger partial charge in [-0.1, -0.05) is 12.1 Å². The van der Waals surface area contributed by atoms with E-state index in [9.17, 15) is 4.79 Å². The summed E-state index contributed by atoms with van der Waals surface area (Å²) >= 11 is 0. The minimum Gasteiger partial charge on any atom is -0.459 e. The molecule has 0 bridgehead atoms. The fraction of sp³-hybridized carbons (Fsp3) is 0.273. The number of halogens is 1. The zero-order valence-corrected chi connectivity index (χ0v) is 20.1. The van der Waals surface area contributed by atoms with E-state index in [2.05, 4.69) is 35.4 Å². The van der Waals surface area contributed by atoms with Crippen LogP contribution in [0.1, 0.15) is 16.1 Å². The monoisotopic (exact) mass is 547 g/mol. The summed E-state index contributed by atoms with van der Waals surface area (Å²) in [6, 6.07) is 12.8. The Balaban J connectivity index is 0.00000289. The van der Waals surface area contributed by atoms with Crippen molar-refractivity contribution < 1.29 is 9.21 Å². The summed E-state index contributed by atoms with van der Waals surface area (Å²) in [5.74, 6) is 1.65. The summed E-state index contributed by atoms with van der Waals surface area (Å²) in [6.07, 6.45) is 5.01. The molecule has 2 N–H and O–H groups in total. The van der Waals surface area contributed by atoms with E-state index in [1.165, 1.54) is 6.26 Å². The number of aromatic nitrogens is 2. The number of nitrogens with zero attached hydrogens (tertiary/aromatic N) is 5. The first-order chi connectivity index (χ1) is 15.2. The molecule has 3 aromatic rings. The molecular formula is C22H26IN7O2. The molecule has 2 aromatic heterocycles. The van der Waals surface area contributed by atoms with Gasteiger partial charge in [-0.3, -0.25) is 9.79 Å². The number of hydrogen-bond donors (Lipinski definition) is 2. The molecule has 0 saturated carbocycles. The molecule has 0 aliphatic carbocycles. The Morgan fingerprint density at radius 1 is 1.06 bits per heavy atom. The lowest BCUT2D eigenvalue weighted by Gasteiger charge is -2.36. The van der Waals surface area contributed by atoms with Gasteiger partial charge in [0, 0.05) is 57.9 Å². The number of amides is 1. The van der Waals surface area contributed by atoms with E-state index < -0.39 is 0 Å². The van der Waals surface area contributed by atoms with Crippen molar-refractivity contribution in [3.8, 4) is 0 Å². The van der Waals surface area contributed by atoms with Crippen LogP contribution in [-0.2, 0) is 6.54 Å². The highest BCUT2D eigenvalue weighted by atomic mass is 127. The standard InChI is InChI=1S/C22H25N7O2.HI/c1-23-21(28-11-13-29(14-12-28)22-24-9-3-10-25-22)26-16-17-5-7-18(8-6-17)27-20(30)19-4-2-15-31-19;/h2-10,15H,11-14,16H2,1H3,(H,23,26)(H,27,30);1H. The number of carbonyl (C=O) groups excluding carboxylic acids is 1. The Hall–Kier alpha value is -3.15. The van der Waals surface area contributed by atoms with Crippen LogP contribution in [0.2, 0.25) is 0 Å². The van der Waals surface area contributed by atoms with Crippen LogP contribution in [0.4, 0.5) is 11.6 Å². The number of anilines is 2. The van der Waals surface area contributed by atoms with Gasteiger partial charge in [0.1, 0.15) is 0 Å². The molecule has 4 rings (SSSR count). The van der Waals surface area contributed by atoms with E-state index in [0.717, 1.165) is 43.7 Å². The van der Waals surface area contributed by atoms with Gasteiger partial charge < -0.3 is 24.9 Å². The lowest BCUT2D eigenvalue weighted by molar-refractivity contribution is 0.0996. The summed E-state index contributed by atoms with van der Waals surface area (Å²) in [7, 11) is 1.79. The summed E-state index contributed by atoms with van der Waals surface area (Å²) in [4.78, 5) is 29.5. The Bertz CT molecular complexity index is 1000. The first-order valence-corrected chi connectivity index (χ1v) is 10.1. The van der Waals surface area contributed by atoms with E-state index in [-0.39, 0.29) is 35.6 Å². The number of hydrogen-bond acceptors (Lipinski definition) is 6. The van der Waals surface area contributed by atoms with Crippen LogP contribution in [-0.4, -0.2) is 60.0 Å². The predicted octanol–water partition coefficient (Wildman–Crippen LogP) is 2.84. The van der Waals surface area contributed by atoms with Crippen molar-refractivity contribution in [1.29, 1.82) is 0 Å². The van der Waals surface area contributed by atoms with Gasteiger partial charge in [-0.2, -0.15) is 0 Å². The highest BCUT2D eigenvalue weighted by Crippen LogP contribution is 2.13. The third-order valence-electron chi connectivity index (χ3n) is 5.03. The summed E-state index contributed by atoms with van der Waals surface area (Å²) < 4.78 is 5.11. The number of rotatable bonds is 5. The Labute approximate surface area is 204 Å². The molecule has 0 spiro atoms. The van der Waals surface area contributed by atoms with Crippen LogP contribution in [0.3, 0.4) is 0 Å². The Morgan fingerprint density at radius 3 is 2.41 bits per heavy atom. The second-order valence-electron chi connectivity index (χ2n) is 7.05. The highest BCUT2D eigenvalue weighted by molar-refractivity contribution is 14.0. The van der Waals surface area contributed by atoms with Gasteiger partial charge in [0.25, 0.3) is 5.91 Å². The van der Waals surface area contributed by atoms with Crippen molar-refractivity contribution >= 4 is 47.5 Å². The Kier molecular flexibility index (Phi) is 8.42. The van der Waals surface area contributed by atoms with Gasteiger partial charge in [-0.05, 0) is 35.9 Å². The second kappa shape index (κ2) is 11.5. The quantitative estimate of drug-likeness (QED) is 0.288. The fourth-order valence-electron chi connectivity index (χ4n) is 3.39. The molecular weight excluding hydrogens is 521 g/mol. The predicted molar refractivity (Wildman–Crippen MR) is 135 cm³/mol. The van der Waals surface area contributed by atoms with Crippen molar-refractivity contribution in [3.63, 3.8) is 0 Å². The van der Waals surface area contributed by atoms with E-state index >= 15 is 0 Å². The molecule has 1 aliphatic rings. The number of piperazine rings is 1. The summed E-state index contributed by atoms with van der Waals surface area (Å²) in [6.45, 7) is 4.01. The van der Waals surface area contributed by atoms with Crippen LogP contribution < -0.4 is 15.5 Å². The largest absolute Gasteiger partial charge is 0.459 e. The van der Waals surface area contributed by atoms with Gasteiger partial charge in [0.2, 0.25) is 5.95 Å². The average molecular weight is 547 g/mol. The third kappa shape index (κ3) is 5.96. The normalized spacial score (nSPS) is 14.0. The zero-order chi connectivity index (χ0) is 21.5. The molecule has 0 unspecified atom stereocenters. The molecule has 0 radical (unpaired) electrons. The molecule has 3 heterocycles. The first kappa shape index (κ1) is 23.5. The molecule has 9 nitrogen and oxygen atoms in total. The van der Waals surface area contributed by atoms with Crippen molar-refractivity contribution in [3.05, 3.63) is 72.4 Å². The minimum atomic E-state index is -0.267. The Morgan fingerprint density at radius 2 is 1.78 bits per heavy atom. The van der Waals surface area contributed by atoms with E-state index in [0.29, 0.717) is 12.2 Å². The smallest absolute Gasteiger partial charge is 0.291 e. The van der Waals surface area contributed by atoms with Crippen LogP contribution in [0.5, 0.6) is 0 Å². The van der Waals surface area contributed by atoms with E-state index in [1.54, 1.807) is 31.6 Å². The van der Waals surface area contributed by atoms with Gasteiger partial charge in [0.15, 0.2) is 11.7 Å². The first-order valence-electron chi connectivity index (χ1n) is 10.1.